The van der Waals surface area contributed by atoms with Gasteiger partial charge < -0.3 is 4.74 Å². The number of benzene rings is 1. The topological polar surface area (TPSA) is 60.4 Å². The summed E-state index contributed by atoms with van der Waals surface area (Å²) in [6.07, 6.45) is 2.46. The molecule has 0 bridgehead atoms. The van der Waals surface area contributed by atoms with Gasteiger partial charge in [0.15, 0.2) is 9.84 Å². The van der Waals surface area contributed by atoms with Crippen LogP contribution in [-0.4, -0.2) is 27.2 Å². The highest BCUT2D eigenvalue weighted by Gasteiger charge is 2.54. The zero-order chi connectivity index (χ0) is 13.4. The molecule has 1 fully saturated rings. The number of esters is 1. The molecule has 0 radical (unpaired) electrons. The number of sulfone groups is 1. The van der Waals surface area contributed by atoms with Crippen molar-refractivity contribution in [1.29, 1.82) is 0 Å². The number of carbonyl (C=O) groups is 1. The van der Waals surface area contributed by atoms with E-state index in [9.17, 15) is 13.2 Å². The van der Waals surface area contributed by atoms with Crippen LogP contribution in [0.4, 0.5) is 0 Å². The van der Waals surface area contributed by atoms with E-state index in [0.717, 1.165) is 6.26 Å². The molecule has 1 aromatic carbocycles. The molecule has 2 rings (SSSR count). The average molecular weight is 268 g/mol. The summed E-state index contributed by atoms with van der Waals surface area (Å²) >= 11 is 0. The molecule has 0 atom stereocenters. The van der Waals surface area contributed by atoms with E-state index in [-0.39, 0.29) is 10.9 Å². The molecule has 1 aromatic rings. The Balaban J connectivity index is 2.50. The lowest BCUT2D eigenvalue weighted by Crippen LogP contribution is -2.25. The maximum atomic E-state index is 12.0. The highest BCUT2D eigenvalue weighted by molar-refractivity contribution is 7.90. The van der Waals surface area contributed by atoms with Crippen molar-refractivity contribution in [2.75, 3.05) is 12.9 Å². The van der Waals surface area contributed by atoms with Crippen LogP contribution in [0.2, 0.25) is 0 Å². The molecule has 1 saturated carbocycles. The summed E-state index contributed by atoms with van der Waals surface area (Å²) in [5.74, 6) is -0.318. The van der Waals surface area contributed by atoms with E-state index >= 15 is 0 Å². The first-order valence-electron chi connectivity index (χ1n) is 5.88. The Labute approximate surface area is 107 Å². The Morgan fingerprint density at radius 2 is 1.94 bits per heavy atom. The van der Waals surface area contributed by atoms with E-state index in [1.54, 1.807) is 31.2 Å². The molecule has 98 valence electrons. The quantitative estimate of drug-likeness (QED) is 0.780. The Morgan fingerprint density at radius 1 is 1.33 bits per heavy atom. The first-order valence-corrected chi connectivity index (χ1v) is 7.78. The van der Waals surface area contributed by atoms with Gasteiger partial charge in [0, 0.05) is 6.26 Å². The zero-order valence-corrected chi connectivity index (χ0v) is 11.3. The smallest absolute Gasteiger partial charge is 0.316 e. The summed E-state index contributed by atoms with van der Waals surface area (Å²) in [4.78, 5) is 12.2. The third-order valence-electron chi connectivity index (χ3n) is 3.22. The van der Waals surface area contributed by atoms with Crippen LogP contribution in [0.25, 0.3) is 0 Å². The number of carbonyl (C=O) groups excluding carboxylic acids is 1. The highest BCUT2D eigenvalue weighted by Crippen LogP contribution is 2.51. The van der Waals surface area contributed by atoms with Crippen molar-refractivity contribution in [2.24, 2.45) is 0 Å². The molecule has 0 heterocycles. The fourth-order valence-corrected chi connectivity index (χ4v) is 3.15. The van der Waals surface area contributed by atoms with Gasteiger partial charge in [0.1, 0.15) is 0 Å². The molecule has 0 unspecified atom stereocenters. The minimum atomic E-state index is -3.33. The number of rotatable bonds is 4. The molecule has 0 N–H and O–H groups in total. The van der Waals surface area contributed by atoms with Gasteiger partial charge in [0.25, 0.3) is 0 Å². The first-order chi connectivity index (χ1) is 8.42. The van der Waals surface area contributed by atoms with Crippen LogP contribution in [0, 0.1) is 0 Å². The highest BCUT2D eigenvalue weighted by atomic mass is 32.2. The van der Waals surface area contributed by atoms with Crippen molar-refractivity contribution in [3.05, 3.63) is 29.8 Å². The molecule has 0 aromatic heterocycles. The van der Waals surface area contributed by atoms with Gasteiger partial charge in [0.05, 0.1) is 16.9 Å². The van der Waals surface area contributed by atoms with Gasteiger partial charge in [-0.15, -0.1) is 0 Å². The average Bonchev–Trinajstić information content (AvgIpc) is 3.09. The van der Waals surface area contributed by atoms with Crippen molar-refractivity contribution in [3.8, 4) is 0 Å². The molecule has 0 amide bonds. The monoisotopic (exact) mass is 268 g/mol. The van der Waals surface area contributed by atoms with E-state index in [1.807, 2.05) is 0 Å². The van der Waals surface area contributed by atoms with Crippen LogP contribution in [0.15, 0.2) is 29.2 Å². The van der Waals surface area contributed by atoms with Gasteiger partial charge in [-0.25, -0.2) is 8.42 Å². The first kappa shape index (κ1) is 13.1. The van der Waals surface area contributed by atoms with E-state index in [4.69, 9.17) is 4.74 Å². The van der Waals surface area contributed by atoms with Crippen LogP contribution >= 0.6 is 0 Å². The molecular formula is C13H16O4S. The second-order valence-corrected chi connectivity index (χ2v) is 6.56. The predicted octanol–water partition coefficient (Wildman–Crippen LogP) is 1.68. The standard InChI is InChI=1S/C13H16O4S/c1-3-17-12(14)13(8-9-13)10-6-4-5-7-11(10)18(2,15)16/h4-7H,3,8-9H2,1-2H3. The Kier molecular flexibility index (Phi) is 3.19. The third kappa shape index (κ3) is 2.14. The lowest BCUT2D eigenvalue weighted by molar-refractivity contribution is -0.146. The minimum absolute atomic E-state index is 0.232. The van der Waals surface area contributed by atoms with Gasteiger partial charge in [-0.3, -0.25) is 4.79 Å². The lowest BCUT2D eigenvalue weighted by atomic mass is 9.96. The summed E-state index contributed by atoms with van der Waals surface area (Å²) in [6.45, 7) is 2.05. The second-order valence-electron chi connectivity index (χ2n) is 4.57. The van der Waals surface area contributed by atoms with Crippen molar-refractivity contribution < 1.29 is 17.9 Å². The minimum Gasteiger partial charge on any atom is -0.465 e. The van der Waals surface area contributed by atoms with E-state index < -0.39 is 15.3 Å². The fourth-order valence-electron chi connectivity index (χ4n) is 2.16. The largest absolute Gasteiger partial charge is 0.465 e. The van der Waals surface area contributed by atoms with Gasteiger partial charge in [-0.2, -0.15) is 0 Å². The molecule has 4 nitrogen and oxygen atoms in total. The summed E-state index contributed by atoms with van der Waals surface area (Å²) in [5, 5.41) is 0. The summed E-state index contributed by atoms with van der Waals surface area (Å²) in [5.41, 5.74) is -0.165. The van der Waals surface area contributed by atoms with Gasteiger partial charge >= 0.3 is 5.97 Å². The van der Waals surface area contributed by atoms with Gasteiger partial charge in [-0.1, -0.05) is 18.2 Å². The number of hydrogen-bond donors (Lipinski definition) is 0. The van der Waals surface area contributed by atoms with E-state index in [0.29, 0.717) is 25.0 Å². The number of ether oxygens (including phenoxy) is 1. The predicted molar refractivity (Wildman–Crippen MR) is 67.1 cm³/mol. The summed E-state index contributed by atoms with van der Waals surface area (Å²) in [6, 6.07) is 6.68. The Morgan fingerprint density at radius 3 is 2.44 bits per heavy atom. The third-order valence-corrected chi connectivity index (χ3v) is 4.37. The van der Waals surface area contributed by atoms with Crippen molar-refractivity contribution in [1.82, 2.24) is 0 Å². The molecule has 18 heavy (non-hydrogen) atoms. The lowest BCUT2D eigenvalue weighted by Gasteiger charge is -2.17. The zero-order valence-electron chi connectivity index (χ0n) is 10.5. The maximum absolute atomic E-state index is 12.0. The summed E-state index contributed by atoms with van der Waals surface area (Å²) in [7, 11) is -3.33. The molecule has 1 aliphatic rings. The molecule has 0 aliphatic heterocycles. The molecule has 1 aliphatic carbocycles. The van der Waals surface area contributed by atoms with Crippen molar-refractivity contribution in [2.45, 2.75) is 30.1 Å². The van der Waals surface area contributed by atoms with Crippen LogP contribution in [0.3, 0.4) is 0 Å². The van der Waals surface area contributed by atoms with Gasteiger partial charge in [-0.05, 0) is 31.4 Å². The summed E-state index contributed by atoms with van der Waals surface area (Å²) < 4.78 is 28.6. The Bertz CT molecular complexity index is 570. The van der Waals surface area contributed by atoms with Gasteiger partial charge in [0.2, 0.25) is 0 Å². The Hall–Kier alpha value is -1.36. The van der Waals surface area contributed by atoms with Crippen LogP contribution < -0.4 is 0 Å². The van der Waals surface area contributed by atoms with E-state index in [1.165, 1.54) is 0 Å². The molecular weight excluding hydrogens is 252 g/mol. The molecule has 0 spiro atoms. The number of hydrogen-bond acceptors (Lipinski definition) is 4. The molecule has 5 heteroatoms. The maximum Gasteiger partial charge on any atom is 0.316 e. The van der Waals surface area contributed by atoms with Crippen molar-refractivity contribution in [3.63, 3.8) is 0 Å². The normalized spacial score (nSPS) is 17.2. The second kappa shape index (κ2) is 4.39. The van der Waals surface area contributed by atoms with Crippen LogP contribution in [0.1, 0.15) is 25.3 Å². The van der Waals surface area contributed by atoms with Crippen LogP contribution in [-0.2, 0) is 24.8 Å². The van der Waals surface area contributed by atoms with Crippen molar-refractivity contribution >= 4 is 15.8 Å². The van der Waals surface area contributed by atoms with E-state index in [2.05, 4.69) is 0 Å². The van der Waals surface area contributed by atoms with Crippen LogP contribution in [0.5, 0.6) is 0 Å². The fraction of sp³-hybridized carbons (Fsp3) is 0.462. The molecule has 0 saturated heterocycles. The SMILES string of the molecule is CCOC(=O)C1(c2ccccc2S(C)(=O)=O)CC1.